The number of hydrogen-bond acceptors (Lipinski definition) is 7. The molecule has 0 aliphatic heterocycles. The number of amides is 1. The number of carbonyl (C=O) groups is 1. The van der Waals surface area contributed by atoms with Gasteiger partial charge in [0.1, 0.15) is 12.4 Å². The van der Waals surface area contributed by atoms with Crippen molar-refractivity contribution in [2.75, 3.05) is 0 Å². The summed E-state index contributed by atoms with van der Waals surface area (Å²) in [6, 6.07) is 22.3. The number of para-hydroxylation sites is 1. The van der Waals surface area contributed by atoms with Crippen LogP contribution in [0.3, 0.4) is 0 Å². The summed E-state index contributed by atoms with van der Waals surface area (Å²) in [6.45, 7) is 0.379. The minimum absolute atomic E-state index is 0.0224. The van der Waals surface area contributed by atoms with Gasteiger partial charge in [0, 0.05) is 29.3 Å². The molecule has 0 unspecified atom stereocenters. The van der Waals surface area contributed by atoms with Crippen LogP contribution in [-0.2, 0) is 17.9 Å². The summed E-state index contributed by atoms with van der Waals surface area (Å²) in [5.74, 6) is 0.866. The molecule has 0 radical (unpaired) electrons. The second kappa shape index (κ2) is 12.1. The highest BCUT2D eigenvalue weighted by Gasteiger charge is 2.14. The number of hydrogen-bond donors (Lipinski definition) is 1. The molecule has 0 aliphatic carbocycles. The standard InChI is InChI=1S/C25H21ClN6O4S/c26-19-8-12-22(13-9-19)36-17-23-29-30(25(37)31(23)20-4-2-1-3-5-20)15-14-24(33)28-27-16-18-6-10-21(11-7-18)32(34)35/h1-13,16H,14-15,17H2,(H,28,33)/b27-16+. The van der Waals surface area contributed by atoms with Gasteiger partial charge in [-0.15, -0.1) is 0 Å². The van der Waals surface area contributed by atoms with Gasteiger partial charge in [-0.05, 0) is 66.3 Å². The second-order valence-electron chi connectivity index (χ2n) is 7.73. The Kier molecular flexibility index (Phi) is 8.39. The molecule has 0 bridgehead atoms. The van der Waals surface area contributed by atoms with E-state index < -0.39 is 4.92 Å². The molecule has 0 saturated heterocycles. The summed E-state index contributed by atoms with van der Waals surface area (Å²) in [5, 5.41) is 19.8. The molecule has 188 valence electrons. The van der Waals surface area contributed by atoms with Crippen molar-refractivity contribution in [1.82, 2.24) is 19.8 Å². The van der Waals surface area contributed by atoms with E-state index in [0.717, 1.165) is 5.69 Å². The number of hydrazone groups is 1. The first-order valence-electron chi connectivity index (χ1n) is 11.1. The van der Waals surface area contributed by atoms with Gasteiger partial charge in [-0.1, -0.05) is 29.8 Å². The van der Waals surface area contributed by atoms with Gasteiger partial charge in [-0.2, -0.15) is 10.2 Å². The van der Waals surface area contributed by atoms with Gasteiger partial charge in [0.2, 0.25) is 10.7 Å². The molecule has 1 amide bonds. The minimum Gasteiger partial charge on any atom is -0.486 e. The first-order valence-corrected chi connectivity index (χ1v) is 11.9. The number of aromatic nitrogens is 3. The molecule has 3 aromatic carbocycles. The van der Waals surface area contributed by atoms with Crippen LogP contribution in [-0.4, -0.2) is 31.4 Å². The number of aryl methyl sites for hydroxylation is 1. The van der Waals surface area contributed by atoms with Crippen molar-refractivity contribution in [3.8, 4) is 11.4 Å². The molecular weight excluding hydrogens is 516 g/mol. The number of rotatable bonds is 10. The fraction of sp³-hybridized carbons (Fsp3) is 0.120. The van der Waals surface area contributed by atoms with Gasteiger partial charge >= 0.3 is 0 Å². The number of nitrogens with one attached hydrogen (secondary N) is 1. The molecule has 1 heterocycles. The van der Waals surface area contributed by atoms with Crippen LogP contribution < -0.4 is 10.2 Å². The molecule has 0 atom stereocenters. The molecule has 0 fully saturated rings. The Morgan fingerprint density at radius 2 is 1.81 bits per heavy atom. The molecule has 1 aromatic heterocycles. The number of nitrogens with zero attached hydrogens (tertiary/aromatic N) is 5. The Balaban J connectivity index is 1.42. The summed E-state index contributed by atoms with van der Waals surface area (Å²) in [6.07, 6.45) is 1.48. The Bertz CT molecular complexity index is 1470. The predicted octanol–water partition coefficient (Wildman–Crippen LogP) is 5.08. The zero-order valence-electron chi connectivity index (χ0n) is 19.4. The lowest BCUT2D eigenvalue weighted by Gasteiger charge is -2.08. The number of nitro groups is 1. The normalized spacial score (nSPS) is 10.9. The van der Waals surface area contributed by atoms with Crippen LogP contribution in [0.15, 0.2) is 84.0 Å². The van der Waals surface area contributed by atoms with Crippen LogP contribution in [0.2, 0.25) is 5.02 Å². The van der Waals surface area contributed by atoms with E-state index in [4.69, 9.17) is 28.6 Å². The van der Waals surface area contributed by atoms with Crippen molar-refractivity contribution in [1.29, 1.82) is 0 Å². The van der Waals surface area contributed by atoms with Crippen molar-refractivity contribution in [2.24, 2.45) is 5.10 Å². The van der Waals surface area contributed by atoms with Crippen LogP contribution in [0.5, 0.6) is 5.75 Å². The van der Waals surface area contributed by atoms with Crippen LogP contribution in [0.1, 0.15) is 17.8 Å². The van der Waals surface area contributed by atoms with Crippen LogP contribution in [0, 0.1) is 14.9 Å². The Hall–Kier alpha value is -4.35. The van der Waals surface area contributed by atoms with E-state index in [0.29, 0.717) is 26.9 Å². The maximum absolute atomic E-state index is 12.3. The molecule has 10 nitrogen and oxygen atoms in total. The van der Waals surface area contributed by atoms with Crippen LogP contribution >= 0.6 is 23.8 Å². The molecule has 4 aromatic rings. The van der Waals surface area contributed by atoms with Crippen molar-refractivity contribution in [2.45, 2.75) is 19.6 Å². The number of benzene rings is 3. The molecule has 0 spiro atoms. The van der Waals surface area contributed by atoms with E-state index >= 15 is 0 Å². The maximum Gasteiger partial charge on any atom is 0.269 e. The summed E-state index contributed by atoms with van der Waals surface area (Å²) >= 11 is 11.6. The molecule has 0 saturated carbocycles. The summed E-state index contributed by atoms with van der Waals surface area (Å²) < 4.78 is 9.67. The smallest absolute Gasteiger partial charge is 0.269 e. The summed E-state index contributed by atoms with van der Waals surface area (Å²) in [5.41, 5.74) is 3.86. The zero-order chi connectivity index (χ0) is 26.2. The second-order valence-corrected chi connectivity index (χ2v) is 8.53. The SMILES string of the molecule is O=C(CCn1nc(COc2ccc(Cl)cc2)n(-c2ccccc2)c1=S)N/N=C/c1ccc([N+](=O)[O-])cc1. The number of halogens is 1. The van der Waals surface area contributed by atoms with Gasteiger partial charge in [0.05, 0.1) is 17.7 Å². The lowest BCUT2D eigenvalue weighted by Crippen LogP contribution is -2.19. The third-order valence-corrected chi connectivity index (χ3v) is 5.81. The average Bonchev–Trinajstić information content (AvgIpc) is 3.22. The average molecular weight is 537 g/mol. The topological polar surface area (TPSA) is 117 Å². The number of ether oxygens (including phenoxy) is 1. The highest BCUT2D eigenvalue weighted by molar-refractivity contribution is 7.71. The van der Waals surface area contributed by atoms with Gasteiger partial charge in [-0.25, -0.2) is 10.1 Å². The van der Waals surface area contributed by atoms with Crippen molar-refractivity contribution in [3.05, 3.63) is 110 Å². The molecular formula is C25H21ClN6O4S. The zero-order valence-corrected chi connectivity index (χ0v) is 20.9. The van der Waals surface area contributed by atoms with Crippen LogP contribution in [0.4, 0.5) is 5.69 Å². The fourth-order valence-corrected chi connectivity index (χ4v) is 3.80. The summed E-state index contributed by atoms with van der Waals surface area (Å²) in [4.78, 5) is 22.6. The Labute approximate surface area is 221 Å². The Morgan fingerprint density at radius 1 is 1.11 bits per heavy atom. The first-order chi connectivity index (χ1) is 17.9. The highest BCUT2D eigenvalue weighted by Crippen LogP contribution is 2.19. The molecule has 12 heteroatoms. The predicted molar refractivity (Wildman–Crippen MR) is 142 cm³/mol. The van der Waals surface area contributed by atoms with Crippen molar-refractivity contribution >= 4 is 41.6 Å². The van der Waals surface area contributed by atoms with Gasteiger partial charge in [-0.3, -0.25) is 19.5 Å². The number of nitro benzene ring substituents is 1. The number of carbonyl (C=O) groups excluding carboxylic acids is 1. The van der Waals surface area contributed by atoms with E-state index in [9.17, 15) is 14.9 Å². The fourth-order valence-electron chi connectivity index (χ4n) is 3.33. The number of non-ortho nitro benzene ring substituents is 1. The van der Waals surface area contributed by atoms with E-state index in [1.165, 1.54) is 30.5 Å². The van der Waals surface area contributed by atoms with E-state index in [1.54, 1.807) is 33.5 Å². The quantitative estimate of drug-likeness (QED) is 0.131. The largest absolute Gasteiger partial charge is 0.486 e. The Morgan fingerprint density at radius 3 is 2.49 bits per heavy atom. The molecule has 4 rings (SSSR count). The van der Waals surface area contributed by atoms with E-state index in [-0.39, 0.29) is 31.2 Å². The molecule has 37 heavy (non-hydrogen) atoms. The van der Waals surface area contributed by atoms with Gasteiger partial charge in [0.25, 0.3) is 5.69 Å². The lowest BCUT2D eigenvalue weighted by molar-refractivity contribution is -0.384. The van der Waals surface area contributed by atoms with E-state index in [1.807, 2.05) is 30.3 Å². The van der Waals surface area contributed by atoms with Gasteiger partial charge < -0.3 is 4.74 Å². The van der Waals surface area contributed by atoms with E-state index in [2.05, 4.69) is 15.6 Å². The summed E-state index contributed by atoms with van der Waals surface area (Å²) in [7, 11) is 0. The lowest BCUT2D eigenvalue weighted by atomic mass is 10.2. The maximum atomic E-state index is 12.3. The third kappa shape index (κ3) is 6.87. The first kappa shape index (κ1) is 25.7. The van der Waals surface area contributed by atoms with Crippen molar-refractivity contribution < 1.29 is 14.5 Å². The molecule has 0 aliphatic rings. The van der Waals surface area contributed by atoms with Gasteiger partial charge in [0.15, 0.2) is 5.82 Å². The molecule has 1 N–H and O–H groups in total. The third-order valence-electron chi connectivity index (χ3n) is 5.16. The highest BCUT2D eigenvalue weighted by atomic mass is 35.5. The minimum atomic E-state index is -0.484. The van der Waals surface area contributed by atoms with Crippen LogP contribution in [0.25, 0.3) is 5.69 Å². The monoisotopic (exact) mass is 536 g/mol. The van der Waals surface area contributed by atoms with Crippen molar-refractivity contribution in [3.63, 3.8) is 0 Å².